The fourth-order valence-electron chi connectivity index (χ4n) is 4.35. The van der Waals surface area contributed by atoms with Crippen molar-refractivity contribution >= 4 is 17.8 Å². The summed E-state index contributed by atoms with van der Waals surface area (Å²) in [6.45, 7) is 2.15. The highest BCUT2D eigenvalue weighted by Gasteiger charge is 2.64. The van der Waals surface area contributed by atoms with Gasteiger partial charge in [0, 0.05) is 6.54 Å². The number of carboxylic acid groups (broad SMARTS) is 1. The van der Waals surface area contributed by atoms with Crippen LogP contribution >= 0.6 is 0 Å². The molecule has 0 aliphatic heterocycles. The van der Waals surface area contributed by atoms with Gasteiger partial charge >= 0.3 is 11.9 Å². The third-order valence-electron chi connectivity index (χ3n) is 5.86. The SMILES string of the molecule is CCCC1(C(=O)NCc2ccc(Oc3ccccc3)cc2)CC(C(=O)OC)C1C(=O)O. The summed E-state index contributed by atoms with van der Waals surface area (Å²) in [5, 5.41) is 12.6. The molecule has 0 radical (unpaired) electrons. The van der Waals surface area contributed by atoms with E-state index in [0.717, 1.165) is 11.3 Å². The van der Waals surface area contributed by atoms with Crippen molar-refractivity contribution in [1.82, 2.24) is 5.32 Å². The summed E-state index contributed by atoms with van der Waals surface area (Å²) in [5.41, 5.74) is -0.244. The van der Waals surface area contributed by atoms with E-state index in [1.54, 1.807) is 0 Å². The molecule has 1 aliphatic rings. The fraction of sp³-hybridized carbons (Fsp3) is 0.375. The van der Waals surface area contributed by atoms with Crippen LogP contribution in [0.5, 0.6) is 11.5 Å². The average Bonchev–Trinajstić information content (AvgIpc) is 2.75. The molecule has 7 heteroatoms. The number of carbonyl (C=O) groups is 3. The Kier molecular flexibility index (Phi) is 6.95. The molecule has 2 aromatic rings. The summed E-state index contributed by atoms with van der Waals surface area (Å²) in [5.74, 6) is -2.54. The van der Waals surface area contributed by atoms with Crippen LogP contribution in [-0.4, -0.2) is 30.1 Å². The summed E-state index contributed by atoms with van der Waals surface area (Å²) in [6.07, 6.45) is 1.21. The van der Waals surface area contributed by atoms with Gasteiger partial charge in [0.1, 0.15) is 11.5 Å². The molecule has 2 aromatic carbocycles. The molecular formula is C24H27NO6. The molecule has 1 aliphatic carbocycles. The maximum atomic E-state index is 13.0. The molecular weight excluding hydrogens is 398 g/mol. The minimum atomic E-state index is -1.15. The van der Waals surface area contributed by atoms with E-state index in [-0.39, 0.29) is 18.9 Å². The summed E-state index contributed by atoms with van der Waals surface area (Å²) >= 11 is 0. The number of amides is 1. The van der Waals surface area contributed by atoms with Crippen molar-refractivity contribution in [2.24, 2.45) is 17.3 Å². The lowest BCUT2D eigenvalue weighted by atomic mass is 9.51. The predicted molar refractivity (Wildman–Crippen MR) is 113 cm³/mol. The minimum Gasteiger partial charge on any atom is -0.481 e. The molecule has 0 spiro atoms. The highest BCUT2D eigenvalue weighted by molar-refractivity contribution is 5.94. The van der Waals surface area contributed by atoms with Crippen molar-refractivity contribution in [3.63, 3.8) is 0 Å². The van der Waals surface area contributed by atoms with Crippen molar-refractivity contribution in [1.29, 1.82) is 0 Å². The Hall–Kier alpha value is -3.35. The third kappa shape index (κ3) is 4.71. The summed E-state index contributed by atoms with van der Waals surface area (Å²) < 4.78 is 10.5. The Morgan fingerprint density at radius 3 is 2.29 bits per heavy atom. The first kappa shape index (κ1) is 22.3. The van der Waals surface area contributed by atoms with Crippen LogP contribution in [0.2, 0.25) is 0 Å². The molecule has 1 amide bonds. The second kappa shape index (κ2) is 9.64. The molecule has 0 bridgehead atoms. The standard InChI is InChI=1S/C24H27NO6/c1-3-13-24(14-19(22(28)30-2)20(24)21(26)27)23(29)25-15-16-9-11-18(12-10-16)31-17-7-5-4-6-8-17/h4-12,19-20H,3,13-15H2,1-2H3,(H,25,29)(H,26,27). The van der Waals surface area contributed by atoms with Crippen molar-refractivity contribution in [3.8, 4) is 11.5 Å². The van der Waals surface area contributed by atoms with Crippen molar-refractivity contribution in [3.05, 3.63) is 60.2 Å². The maximum Gasteiger partial charge on any atom is 0.309 e. The normalized spacial score (nSPS) is 22.1. The van der Waals surface area contributed by atoms with E-state index in [2.05, 4.69) is 5.32 Å². The van der Waals surface area contributed by atoms with Gasteiger partial charge in [-0.05, 0) is 42.7 Å². The number of esters is 1. The monoisotopic (exact) mass is 425 g/mol. The van der Waals surface area contributed by atoms with Gasteiger partial charge < -0.3 is 19.9 Å². The van der Waals surface area contributed by atoms with E-state index in [4.69, 9.17) is 9.47 Å². The van der Waals surface area contributed by atoms with E-state index in [9.17, 15) is 19.5 Å². The Balaban J connectivity index is 1.65. The number of para-hydroxylation sites is 1. The number of carboxylic acids is 1. The minimum absolute atomic E-state index is 0.181. The van der Waals surface area contributed by atoms with E-state index in [1.807, 2.05) is 61.5 Å². The van der Waals surface area contributed by atoms with E-state index in [0.29, 0.717) is 18.6 Å². The van der Waals surface area contributed by atoms with Crippen LogP contribution in [0.15, 0.2) is 54.6 Å². The smallest absolute Gasteiger partial charge is 0.309 e. The molecule has 2 N–H and O–H groups in total. The highest BCUT2D eigenvalue weighted by atomic mass is 16.5. The van der Waals surface area contributed by atoms with Crippen LogP contribution in [0, 0.1) is 17.3 Å². The second-order valence-electron chi connectivity index (χ2n) is 7.80. The van der Waals surface area contributed by atoms with Crippen LogP contribution in [0.25, 0.3) is 0 Å². The van der Waals surface area contributed by atoms with Gasteiger partial charge in [-0.15, -0.1) is 0 Å². The topological polar surface area (TPSA) is 102 Å². The summed E-state index contributed by atoms with van der Waals surface area (Å²) in [4.78, 5) is 36.8. The zero-order chi connectivity index (χ0) is 22.4. The van der Waals surface area contributed by atoms with Crippen molar-refractivity contribution in [2.45, 2.75) is 32.7 Å². The first-order chi connectivity index (χ1) is 14.9. The van der Waals surface area contributed by atoms with Gasteiger partial charge in [0.15, 0.2) is 0 Å². The lowest BCUT2D eigenvalue weighted by Crippen LogP contribution is -2.61. The van der Waals surface area contributed by atoms with Crippen LogP contribution in [0.1, 0.15) is 31.7 Å². The van der Waals surface area contributed by atoms with Gasteiger partial charge in [-0.3, -0.25) is 14.4 Å². The highest BCUT2D eigenvalue weighted by Crippen LogP contribution is 2.55. The largest absolute Gasteiger partial charge is 0.481 e. The molecule has 164 valence electrons. The maximum absolute atomic E-state index is 13.0. The zero-order valence-electron chi connectivity index (χ0n) is 17.7. The average molecular weight is 425 g/mol. The van der Waals surface area contributed by atoms with Crippen LogP contribution in [0.3, 0.4) is 0 Å². The van der Waals surface area contributed by atoms with E-state index < -0.39 is 29.2 Å². The second-order valence-corrected chi connectivity index (χ2v) is 7.80. The Morgan fingerprint density at radius 1 is 1.06 bits per heavy atom. The number of nitrogens with one attached hydrogen (secondary N) is 1. The van der Waals surface area contributed by atoms with Gasteiger partial charge in [-0.1, -0.05) is 43.7 Å². The zero-order valence-corrected chi connectivity index (χ0v) is 17.7. The lowest BCUT2D eigenvalue weighted by Gasteiger charge is -2.50. The number of hydrogen-bond acceptors (Lipinski definition) is 5. The van der Waals surface area contributed by atoms with Gasteiger partial charge in [0.2, 0.25) is 5.91 Å². The van der Waals surface area contributed by atoms with Gasteiger partial charge in [0.05, 0.1) is 24.4 Å². The van der Waals surface area contributed by atoms with Gasteiger partial charge in [-0.2, -0.15) is 0 Å². The number of hydrogen-bond donors (Lipinski definition) is 2. The third-order valence-corrected chi connectivity index (χ3v) is 5.86. The van der Waals surface area contributed by atoms with Crippen molar-refractivity contribution in [2.75, 3.05) is 7.11 Å². The number of carbonyl (C=O) groups excluding carboxylic acids is 2. The van der Waals surface area contributed by atoms with Crippen LogP contribution in [-0.2, 0) is 25.7 Å². The van der Waals surface area contributed by atoms with E-state index in [1.165, 1.54) is 7.11 Å². The Labute approximate surface area is 181 Å². The summed E-state index contributed by atoms with van der Waals surface area (Å²) in [7, 11) is 1.23. The Morgan fingerprint density at radius 2 is 1.71 bits per heavy atom. The molecule has 0 saturated heterocycles. The molecule has 0 heterocycles. The number of ether oxygens (including phenoxy) is 2. The lowest BCUT2D eigenvalue weighted by molar-refractivity contribution is -0.184. The molecule has 0 aromatic heterocycles. The molecule has 1 saturated carbocycles. The predicted octanol–water partition coefficient (Wildman–Crippen LogP) is 3.78. The first-order valence-corrected chi connectivity index (χ1v) is 10.3. The number of methoxy groups -OCH3 is 1. The Bertz CT molecular complexity index is 927. The molecule has 3 atom stereocenters. The van der Waals surface area contributed by atoms with E-state index >= 15 is 0 Å². The van der Waals surface area contributed by atoms with Crippen LogP contribution in [0.4, 0.5) is 0 Å². The molecule has 7 nitrogen and oxygen atoms in total. The van der Waals surface area contributed by atoms with Crippen LogP contribution < -0.4 is 10.1 Å². The first-order valence-electron chi connectivity index (χ1n) is 10.3. The number of rotatable bonds is 9. The summed E-state index contributed by atoms with van der Waals surface area (Å²) in [6, 6.07) is 16.7. The van der Waals surface area contributed by atoms with Gasteiger partial charge in [0.25, 0.3) is 0 Å². The molecule has 1 fully saturated rings. The quantitative estimate of drug-likeness (QED) is 0.593. The number of aliphatic carboxylic acids is 1. The number of benzene rings is 2. The fourth-order valence-corrected chi connectivity index (χ4v) is 4.35. The molecule has 3 rings (SSSR count). The molecule has 3 unspecified atom stereocenters. The van der Waals surface area contributed by atoms with Gasteiger partial charge in [-0.25, -0.2) is 0 Å². The van der Waals surface area contributed by atoms with Crippen molar-refractivity contribution < 1.29 is 29.0 Å². The molecule has 31 heavy (non-hydrogen) atoms.